The molecule has 1 aliphatic heterocycles. The predicted octanol–water partition coefficient (Wildman–Crippen LogP) is 3.02. The summed E-state index contributed by atoms with van der Waals surface area (Å²) in [5.74, 6) is 0. The summed E-state index contributed by atoms with van der Waals surface area (Å²) in [5.41, 5.74) is 5.50. The molecule has 3 nitrogen and oxygen atoms in total. The Morgan fingerprint density at radius 2 is 1.81 bits per heavy atom. The van der Waals surface area contributed by atoms with Crippen molar-refractivity contribution < 1.29 is 0 Å². The zero-order valence-electron chi connectivity index (χ0n) is 12.9. The molecule has 1 fully saturated rings. The van der Waals surface area contributed by atoms with E-state index < -0.39 is 0 Å². The van der Waals surface area contributed by atoms with E-state index in [-0.39, 0.29) is 0 Å². The number of anilines is 1. The number of aromatic nitrogens is 1. The quantitative estimate of drug-likeness (QED) is 0.862. The van der Waals surface area contributed by atoms with Gasteiger partial charge in [-0.2, -0.15) is 0 Å². The Kier molecular flexibility index (Phi) is 4.20. The van der Waals surface area contributed by atoms with Gasteiger partial charge in [0.2, 0.25) is 0 Å². The topological polar surface area (TPSA) is 19.4 Å². The van der Waals surface area contributed by atoms with E-state index in [9.17, 15) is 0 Å². The minimum atomic E-state index is 1.01. The Morgan fingerprint density at radius 1 is 1.00 bits per heavy atom. The van der Waals surface area contributed by atoms with Gasteiger partial charge in [-0.25, -0.2) is 0 Å². The Balaban J connectivity index is 1.61. The van der Waals surface area contributed by atoms with Crippen molar-refractivity contribution in [1.29, 1.82) is 0 Å². The number of rotatable bonds is 3. The molecule has 2 aromatic rings. The van der Waals surface area contributed by atoms with E-state index >= 15 is 0 Å². The smallest absolute Gasteiger partial charge is 0.0399 e. The average molecular weight is 281 g/mol. The lowest BCUT2D eigenvalue weighted by Gasteiger charge is -2.37. The average Bonchev–Trinajstić information content (AvgIpc) is 2.52. The molecule has 0 N–H and O–H groups in total. The van der Waals surface area contributed by atoms with Gasteiger partial charge in [-0.1, -0.05) is 18.2 Å². The van der Waals surface area contributed by atoms with Gasteiger partial charge in [-0.3, -0.25) is 9.88 Å². The molecular formula is C18H23N3. The largest absolute Gasteiger partial charge is 0.369 e. The molecule has 21 heavy (non-hydrogen) atoms. The van der Waals surface area contributed by atoms with E-state index in [1.54, 1.807) is 0 Å². The van der Waals surface area contributed by atoms with Crippen LogP contribution in [0.1, 0.15) is 16.7 Å². The third-order valence-electron chi connectivity index (χ3n) is 4.42. The second-order valence-electron chi connectivity index (χ2n) is 5.84. The van der Waals surface area contributed by atoms with E-state index in [1.165, 1.54) is 22.4 Å². The summed E-state index contributed by atoms with van der Waals surface area (Å²) < 4.78 is 0. The van der Waals surface area contributed by atoms with Gasteiger partial charge in [0.25, 0.3) is 0 Å². The molecule has 0 saturated carbocycles. The lowest BCUT2D eigenvalue weighted by atomic mass is 10.1. The van der Waals surface area contributed by atoms with Gasteiger partial charge in [0.1, 0.15) is 0 Å². The summed E-state index contributed by atoms with van der Waals surface area (Å²) in [6.45, 7) is 9.86. The Hall–Kier alpha value is -1.87. The second kappa shape index (κ2) is 6.27. The highest BCUT2D eigenvalue weighted by Crippen LogP contribution is 2.24. The van der Waals surface area contributed by atoms with Gasteiger partial charge in [0, 0.05) is 50.8 Å². The monoisotopic (exact) mass is 281 g/mol. The molecule has 110 valence electrons. The summed E-state index contributed by atoms with van der Waals surface area (Å²) in [6, 6.07) is 10.8. The Bertz CT molecular complexity index is 587. The summed E-state index contributed by atoms with van der Waals surface area (Å²) in [5, 5.41) is 0. The number of aryl methyl sites for hydroxylation is 1. The first kappa shape index (κ1) is 14.1. The Labute approximate surface area is 127 Å². The highest BCUT2D eigenvalue weighted by molar-refractivity contribution is 5.56. The number of benzene rings is 1. The van der Waals surface area contributed by atoms with Crippen LogP contribution in [0.15, 0.2) is 42.7 Å². The lowest BCUT2D eigenvalue weighted by Crippen LogP contribution is -2.46. The van der Waals surface area contributed by atoms with E-state index in [1.807, 2.05) is 18.5 Å². The standard InChI is InChI=1S/C18H23N3/c1-15-5-3-7-18(16(15)2)21-11-9-20(10-12-21)14-17-6-4-8-19-13-17/h3-8,13H,9-12,14H2,1-2H3. The minimum Gasteiger partial charge on any atom is -0.369 e. The predicted molar refractivity (Wildman–Crippen MR) is 87.6 cm³/mol. The molecule has 3 heteroatoms. The van der Waals surface area contributed by atoms with Crippen molar-refractivity contribution in [1.82, 2.24) is 9.88 Å². The van der Waals surface area contributed by atoms with Crippen LogP contribution in [-0.2, 0) is 6.54 Å². The van der Waals surface area contributed by atoms with Crippen molar-refractivity contribution in [3.8, 4) is 0 Å². The van der Waals surface area contributed by atoms with Gasteiger partial charge >= 0.3 is 0 Å². The van der Waals surface area contributed by atoms with Gasteiger partial charge in [-0.05, 0) is 42.7 Å². The highest BCUT2D eigenvalue weighted by atomic mass is 15.3. The van der Waals surface area contributed by atoms with Gasteiger partial charge < -0.3 is 4.90 Å². The molecule has 0 radical (unpaired) electrons. The first-order chi connectivity index (χ1) is 10.2. The van der Waals surface area contributed by atoms with Crippen molar-refractivity contribution in [2.45, 2.75) is 20.4 Å². The maximum absolute atomic E-state index is 4.20. The first-order valence-electron chi connectivity index (χ1n) is 7.66. The molecule has 0 atom stereocenters. The molecular weight excluding hydrogens is 258 g/mol. The maximum Gasteiger partial charge on any atom is 0.0399 e. The first-order valence-corrected chi connectivity index (χ1v) is 7.66. The highest BCUT2D eigenvalue weighted by Gasteiger charge is 2.18. The molecule has 0 unspecified atom stereocenters. The fraction of sp³-hybridized carbons (Fsp3) is 0.389. The molecule has 1 aromatic heterocycles. The van der Waals surface area contributed by atoms with Crippen molar-refractivity contribution in [2.24, 2.45) is 0 Å². The fourth-order valence-corrected chi connectivity index (χ4v) is 2.97. The van der Waals surface area contributed by atoms with Gasteiger partial charge in [0.05, 0.1) is 0 Å². The maximum atomic E-state index is 4.20. The van der Waals surface area contributed by atoms with Gasteiger partial charge in [0.15, 0.2) is 0 Å². The zero-order chi connectivity index (χ0) is 14.7. The van der Waals surface area contributed by atoms with Gasteiger partial charge in [-0.15, -0.1) is 0 Å². The third kappa shape index (κ3) is 3.24. The van der Waals surface area contributed by atoms with Crippen LogP contribution in [0.2, 0.25) is 0 Å². The van der Waals surface area contributed by atoms with Crippen LogP contribution in [0.5, 0.6) is 0 Å². The number of pyridine rings is 1. The minimum absolute atomic E-state index is 1.01. The lowest BCUT2D eigenvalue weighted by molar-refractivity contribution is 0.249. The van der Waals surface area contributed by atoms with Crippen molar-refractivity contribution in [3.05, 3.63) is 59.4 Å². The summed E-state index contributed by atoms with van der Waals surface area (Å²) >= 11 is 0. The molecule has 0 bridgehead atoms. The third-order valence-corrected chi connectivity index (χ3v) is 4.42. The van der Waals surface area contributed by atoms with Crippen LogP contribution < -0.4 is 4.90 Å². The van der Waals surface area contributed by atoms with Crippen LogP contribution in [0.25, 0.3) is 0 Å². The number of hydrogen-bond acceptors (Lipinski definition) is 3. The SMILES string of the molecule is Cc1cccc(N2CCN(Cc3cccnc3)CC2)c1C. The number of piperazine rings is 1. The Morgan fingerprint density at radius 3 is 2.52 bits per heavy atom. The van der Waals surface area contributed by atoms with Crippen LogP contribution in [0.3, 0.4) is 0 Å². The molecule has 0 amide bonds. The van der Waals surface area contributed by atoms with Crippen LogP contribution in [-0.4, -0.2) is 36.1 Å². The zero-order valence-corrected chi connectivity index (χ0v) is 12.9. The van der Waals surface area contributed by atoms with E-state index in [0.29, 0.717) is 0 Å². The molecule has 1 aliphatic rings. The number of nitrogens with zero attached hydrogens (tertiary/aromatic N) is 3. The van der Waals surface area contributed by atoms with E-state index in [0.717, 1.165) is 32.7 Å². The van der Waals surface area contributed by atoms with Crippen molar-refractivity contribution in [3.63, 3.8) is 0 Å². The molecule has 2 heterocycles. The molecule has 0 spiro atoms. The summed E-state index contributed by atoms with van der Waals surface area (Å²) in [7, 11) is 0. The van der Waals surface area contributed by atoms with Crippen molar-refractivity contribution in [2.75, 3.05) is 31.1 Å². The van der Waals surface area contributed by atoms with E-state index in [4.69, 9.17) is 0 Å². The summed E-state index contributed by atoms with van der Waals surface area (Å²) in [4.78, 5) is 9.23. The molecule has 1 aromatic carbocycles. The van der Waals surface area contributed by atoms with E-state index in [2.05, 4.69) is 52.9 Å². The number of hydrogen-bond donors (Lipinski definition) is 0. The molecule has 1 saturated heterocycles. The normalized spacial score (nSPS) is 16.2. The second-order valence-corrected chi connectivity index (χ2v) is 5.84. The molecule has 3 rings (SSSR count). The summed E-state index contributed by atoms with van der Waals surface area (Å²) in [6.07, 6.45) is 3.80. The van der Waals surface area contributed by atoms with Crippen LogP contribution in [0.4, 0.5) is 5.69 Å². The van der Waals surface area contributed by atoms with Crippen LogP contribution in [0, 0.1) is 13.8 Å². The van der Waals surface area contributed by atoms with Crippen LogP contribution >= 0.6 is 0 Å². The fourth-order valence-electron chi connectivity index (χ4n) is 2.97. The molecule has 0 aliphatic carbocycles. The van der Waals surface area contributed by atoms with Crippen molar-refractivity contribution >= 4 is 5.69 Å².